The first kappa shape index (κ1) is 18.9. The molecule has 3 aliphatic rings. The second-order valence-corrected chi connectivity index (χ2v) is 8.93. The summed E-state index contributed by atoms with van der Waals surface area (Å²) in [5.41, 5.74) is 4.35. The Morgan fingerprint density at radius 1 is 1.24 bits per heavy atom. The molecule has 2 fully saturated rings. The Balaban J connectivity index is 1.26. The Labute approximate surface area is 172 Å². The van der Waals surface area contributed by atoms with Gasteiger partial charge in [-0.05, 0) is 49.4 Å². The van der Waals surface area contributed by atoms with Gasteiger partial charge in [0, 0.05) is 55.7 Å². The SMILES string of the molecule is CN1C[C@H](CCOC(=O)N2CCOCC2)CC2c3cccc4c3c(cn4C)C[C@H]21. The number of piperidine rings is 1. The highest BCUT2D eigenvalue weighted by molar-refractivity contribution is 5.89. The summed E-state index contributed by atoms with van der Waals surface area (Å²) >= 11 is 0. The number of carbonyl (C=O) groups excluding carboxylic acids is 1. The molecule has 2 aromatic rings. The van der Waals surface area contributed by atoms with Gasteiger partial charge in [0.2, 0.25) is 0 Å². The maximum atomic E-state index is 12.2. The first-order chi connectivity index (χ1) is 14.1. The smallest absolute Gasteiger partial charge is 0.409 e. The standard InChI is InChI=1S/C23H31N3O3/c1-24-14-16(6-9-29-23(27)26-7-10-28-11-8-26)12-19-18-4-3-5-20-22(18)17(13-21(19)24)15-25(20)2/h3-5,15-16,19,21H,6-14H2,1-2H3/t16-,19?,21-/m1/s1. The van der Waals surface area contributed by atoms with Crippen LogP contribution in [0, 0.1) is 5.92 Å². The number of carbonyl (C=O) groups is 1. The van der Waals surface area contributed by atoms with Crippen molar-refractivity contribution in [3.8, 4) is 0 Å². The molecule has 0 N–H and O–H groups in total. The lowest BCUT2D eigenvalue weighted by Crippen LogP contribution is -2.48. The lowest BCUT2D eigenvalue weighted by atomic mass is 9.72. The molecule has 1 aromatic heterocycles. The minimum Gasteiger partial charge on any atom is -0.449 e. The van der Waals surface area contributed by atoms with Crippen molar-refractivity contribution < 1.29 is 14.3 Å². The van der Waals surface area contributed by atoms with Crippen molar-refractivity contribution in [1.82, 2.24) is 14.4 Å². The maximum absolute atomic E-state index is 12.2. The summed E-state index contributed by atoms with van der Waals surface area (Å²) in [4.78, 5) is 16.5. The van der Waals surface area contributed by atoms with E-state index in [1.807, 2.05) is 0 Å². The Kier molecular flexibility index (Phi) is 5.00. The van der Waals surface area contributed by atoms with Crippen LogP contribution in [0.2, 0.25) is 0 Å². The quantitative estimate of drug-likeness (QED) is 0.799. The highest BCUT2D eigenvalue weighted by Crippen LogP contribution is 2.45. The number of fused-ring (bicyclic) bond motifs is 2. The molecule has 1 aliphatic carbocycles. The number of likely N-dealkylation sites (tertiary alicyclic amines) is 1. The number of amides is 1. The molecule has 3 atom stereocenters. The van der Waals surface area contributed by atoms with Crippen molar-refractivity contribution in [3.63, 3.8) is 0 Å². The summed E-state index contributed by atoms with van der Waals surface area (Å²) in [6, 6.07) is 7.34. The summed E-state index contributed by atoms with van der Waals surface area (Å²) in [7, 11) is 4.41. The first-order valence-electron chi connectivity index (χ1n) is 10.9. The summed E-state index contributed by atoms with van der Waals surface area (Å²) in [6.45, 7) is 4.08. The van der Waals surface area contributed by atoms with E-state index in [1.165, 1.54) is 28.5 Å². The van der Waals surface area contributed by atoms with Crippen molar-refractivity contribution in [2.45, 2.75) is 31.2 Å². The Bertz CT molecular complexity index is 902. The molecule has 0 spiro atoms. The molecule has 1 aromatic carbocycles. The normalized spacial score (nSPS) is 27.1. The topological polar surface area (TPSA) is 46.9 Å². The van der Waals surface area contributed by atoms with E-state index in [2.05, 4.69) is 48.0 Å². The number of hydrogen-bond donors (Lipinski definition) is 0. The third-order valence-electron chi connectivity index (χ3n) is 7.14. The van der Waals surface area contributed by atoms with Gasteiger partial charge < -0.3 is 23.8 Å². The molecule has 0 saturated carbocycles. The molecule has 5 rings (SSSR count). The van der Waals surface area contributed by atoms with Crippen LogP contribution in [0.15, 0.2) is 24.4 Å². The fourth-order valence-electron chi connectivity index (χ4n) is 5.69. The Morgan fingerprint density at radius 3 is 2.90 bits per heavy atom. The van der Waals surface area contributed by atoms with E-state index in [-0.39, 0.29) is 6.09 Å². The van der Waals surface area contributed by atoms with E-state index in [0.717, 1.165) is 19.4 Å². The van der Waals surface area contributed by atoms with E-state index >= 15 is 0 Å². The van der Waals surface area contributed by atoms with Crippen LogP contribution in [-0.4, -0.2) is 73.0 Å². The van der Waals surface area contributed by atoms with E-state index in [0.29, 0.717) is 50.8 Å². The van der Waals surface area contributed by atoms with Gasteiger partial charge in [0.25, 0.3) is 0 Å². The number of hydrogen-bond acceptors (Lipinski definition) is 4. The molecule has 2 aliphatic heterocycles. The Morgan fingerprint density at radius 2 is 2.07 bits per heavy atom. The van der Waals surface area contributed by atoms with Crippen LogP contribution in [0.3, 0.4) is 0 Å². The lowest BCUT2D eigenvalue weighted by molar-refractivity contribution is 0.0232. The predicted octanol–water partition coefficient (Wildman–Crippen LogP) is 3.00. The molecular formula is C23H31N3O3. The van der Waals surface area contributed by atoms with Crippen LogP contribution >= 0.6 is 0 Å². The third-order valence-corrected chi connectivity index (χ3v) is 7.14. The average molecular weight is 398 g/mol. The summed E-state index contributed by atoms with van der Waals surface area (Å²) in [6.07, 6.45) is 5.37. The van der Waals surface area contributed by atoms with Gasteiger partial charge >= 0.3 is 6.09 Å². The molecule has 3 heterocycles. The van der Waals surface area contributed by atoms with Gasteiger partial charge in [0.15, 0.2) is 0 Å². The summed E-state index contributed by atoms with van der Waals surface area (Å²) < 4.78 is 13.2. The van der Waals surface area contributed by atoms with Gasteiger partial charge in [0.05, 0.1) is 19.8 Å². The highest BCUT2D eigenvalue weighted by Gasteiger charge is 2.39. The monoisotopic (exact) mass is 397 g/mol. The lowest BCUT2D eigenvalue weighted by Gasteiger charge is -2.45. The molecular weight excluding hydrogens is 366 g/mol. The van der Waals surface area contributed by atoms with E-state index in [9.17, 15) is 4.79 Å². The fraction of sp³-hybridized carbons (Fsp3) is 0.609. The molecule has 156 valence electrons. The fourth-order valence-corrected chi connectivity index (χ4v) is 5.69. The highest BCUT2D eigenvalue weighted by atomic mass is 16.6. The van der Waals surface area contributed by atoms with Gasteiger partial charge in [-0.25, -0.2) is 4.79 Å². The van der Waals surface area contributed by atoms with Crippen LogP contribution < -0.4 is 0 Å². The number of aromatic nitrogens is 1. The van der Waals surface area contributed by atoms with Crippen LogP contribution in [0.25, 0.3) is 10.9 Å². The Hall–Kier alpha value is -2.05. The van der Waals surface area contributed by atoms with Crippen molar-refractivity contribution in [2.75, 3.05) is 46.5 Å². The van der Waals surface area contributed by atoms with E-state index in [1.54, 1.807) is 4.90 Å². The number of rotatable bonds is 3. The van der Waals surface area contributed by atoms with Crippen LogP contribution in [0.1, 0.15) is 29.9 Å². The number of ether oxygens (including phenoxy) is 2. The third kappa shape index (κ3) is 3.42. The van der Waals surface area contributed by atoms with Gasteiger partial charge in [-0.1, -0.05) is 12.1 Å². The van der Waals surface area contributed by atoms with Crippen LogP contribution in [-0.2, 0) is 22.9 Å². The molecule has 1 unspecified atom stereocenters. The van der Waals surface area contributed by atoms with Gasteiger partial charge in [0.1, 0.15) is 0 Å². The van der Waals surface area contributed by atoms with Crippen LogP contribution in [0.4, 0.5) is 4.79 Å². The predicted molar refractivity (Wildman–Crippen MR) is 112 cm³/mol. The van der Waals surface area contributed by atoms with E-state index in [4.69, 9.17) is 9.47 Å². The minimum absolute atomic E-state index is 0.188. The van der Waals surface area contributed by atoms with Gasteiger partial charge in [-0.2, -0.15) is 0 Å². The molecule has 0 radical (unpaired) electrons. The summed E-state index contributed by atoms with van der Waals surface area (Å²) in [5, 5.41) is 1.48. The molecule has 1 amide bonds. The minimum atomic E-state index is -0.188. The molecule has 29 heavy (non-hydrogen) atoms. The number of nitrogens with zero attached hydrogens (tertiary/aromatic N) is 3. The van der Waals surface area contributed by atoms with Crippen molar-refractivity contribution in [1.29, 1.82) is 0 Å². The van der Waals surface area contributed by atoms with Crippen molar-refractivity contribution in [3.05, 3.63) is 35.5 Å². The first-order valence-corrected chi connectivity index (χ1v) is 10.9. The largest absolute Gasteiger partial charge is 0.449 e. The molecule has 2 saturated heterocycles. The maximum Gasteiger partial charge on any atom is 0.409 e. The van der Waals surface area contributed by atoms with Crippen molar-refractivity contribution >= 4 is 17.0 Å². The number of aryl methyl sites for hydroxylation is 1. The molecule has 6 nitrogen and oxygen atoms in total. The zero-order valence-corrected chi connectivity index (χ0v) is 17.5. The van der Waals surface area contributed by atoms with Crippen LogP contribution in [0.5, 0.6) is 0 Å². The average Bonchev–Trinajstić information content (AvgIpc) is 3.06. The second kappa shape index (κ2) is 7.65. The zero-order chi connectivity index (χ0) is 20.0. The van der Waals surface area contributed by atoms with Gasteiger partial charge in [-0.3, -0.25) is 0 Å². The number of morpholine rings is 1. The molecule has 0 bridgehead atoms. The van der Waals surface area contributed by atoms with Crippen molar-refractivity contribution in [2.24, 2.45) is 13.0 Å². The number of benzene rings is 1. The summed E-state index contributed by atoms with van der Waals surface area (Å²) in [5.74, 6) is 1.12. The number of likely N-dealkylation sites (N-methyl/N-ethyl adjacent to an activating group) is 1. The molecule has 6 heteroatoms. The van der Waals surface area contributed by atoms with Gasteiger partial charge in [-0.15, -0.1) is 0 Å². The second-order valence-electron chi connectivity index (χ2n) is 8.93. The zero-order valence-electron chi connectivity index (χ0n) is 17.5. The van der Waals surface area contributed by atoms with E-state index < -0.39 is 0 Å².